The summed E-state index contributed by atoms with van der Waals surface area (Å²) in [7, 11) is 0. The Kier molecular flexibility index (Phi) is 5.75. The maximum absolute atomic E-state index is 12.0. The molecule has 0 aliphatic heterocycles. The van der Waals surface area contributed by atoms with Crippen LogP contribution >= 0.6 is 11.3 Å². The van der Waals surface area contributed by atoms with Crippen LogP contribution in [0, 0.1) is 0 Å². The van der Waals surface area contributed by atoms with E-state index in [2.05, 4.69) is 22.4 Å². The number of nitrogens with one attached hydrogen (secondary N) is 1. The first-order valence-electron chi connectivity index (χ1n) is 8.12. The summed E-state index contributed by atoms with van der Waals surface area (Å²) in [6.07, 6.45) is 2.27. The van der Waals surface area contributed by atoms with Crippen LogP contribution in [0.4, 0.5) is 0 Å². The number of carbonyl (C=O) groups is 1. The maximum atomic E-state index is 12.0. The van der Waals surface area contributed by atoms with Gasteiger partial charge in [-0.25, -0.2) is 4.98 Å². The molecular weight excluding hydrogens is 316 g/mol. The summed E-state index contributed by atoms with van der Waals surface area (Å²) in [5.41, 5.74) is 3.23. The SMILES string of the molecule is O=C(Cc1csc(-c2ccccc2)n1)NCCCc1ccccc1. The van der Waals surface area contributed by atoms with Gasteiger partial charge < -0.3 is 5.32 Å². The normalized spacial score (nSPS) is 10.5. The molecule has 1 heterocycles. The van der Waals surface area contributed by atoms with Gasteiger partial charge in [0.05, 0.1) is 12.1 Å². The highest BCUT2D eigenvalue weighted by Gasteiger charge is 2.08. The number of aryl methyl sites for hydroxylation is 1. The van der Waals surface area contributed by atoms with Crippen LogP contribution in [-0.4, -0.2) is 17.4 Å². The number of nitrogens with zero attached hydrogens (tertiary/aromatic N) is 1. The highest BCUT2D eigenvalue weighted by molar-refractivity contribution is 7.13. The average Bonchev–Trinajstić information content (AvgIpc) is 3.09. The zero-order chi connectivity index (χ0) is 16.6. The van der Waals surface area contributed by atoms with Gasteiger partial charge >= 0.3 is 0 Å². The molecule has 122 valence electrons. The predicted molar refractivity (Wildman–Crippen MR) is 99.0 cm³/mol. The Morgan fingerprint density at radius 1 is 1.00 bits per heavy atom. The number of amides is 1. The Balaban J connectivity index is 1.43. The maximum Gasteiger partial charge on any atom is 0.226 e. The van der Waals surface area contributed by atoms with Crippen molar-refractivity contribution < 1.29 is 4.79 Å². The zero-order valence-electron chi connectivity index (χ0n) is 13.4. The Hall–Kier alpha value is -2.46. The second-order valence-corrected chi connectivity index (χ2v) is 6.48. The molecule has 1 amide bonds. The van der Waals surface area contributed by atoms with Crippen molar-refractivity contribution >= 4 is 17.2 Å². The van der Waals surface area contributed by atoms with Crippen molar-refractivity contribution in [3.8, 4) is 10.6 Å². The first kappa shape index (κ1) is 16.4. The molecule has 4 heteroatoms. The van der Waals surface area contributed by atoms with Crippen molar-refractivity contribution in [2.45, 2.75) is 19.3 Å². The lowest BCUT2D eigenvalue weighted by Gasteiger charge is -2.04. The number of hydrogen-bond acceptors (Lipinski definition) is 3. The third kappa shape index (κ3) is 4.77. The van der Waals surface area contributed by atoms with E-state index < -0.39 is 0 Å². The largest absolute Gasteiger partial charge is 0.356 e. The minimum absolute atomic E-state index is 0.0352. The summed E-state index contributed by atoms with van der Waals surface area (Å²) in [6, 6.07) is 20.4. The molecule has 2 aromatic carbocycles. The molecule has 3 rings (SSSR count). The lowest BCUT2D eigenvalue weighted by Crippen LogP contribution is -2.26. The molecule has 1 N–H and O–H groups in total. The third-order valence-electron chi connectivity index (χ3n) is 3.72. The molecule has 0 fully saturated rings. The van der Waals surface area contributed by atoms with Crippen LogP contribution in [-0.2, 0) is 17.6 Å². The molecule has 3 aromatic rings. The van der Waals surface area contributed by atoms with Crippen molar-refractivity contribution in [3.63, 3.8) is 0 Å². The van der Waals surface area contributed by atoms with E-state index in [4.69, 9.17) is 0 Å². The smallest absolute Gasteiger partial charge is 0.226 e. The Morgan fingerprint density at radius 3 is 2.46 bits per heavy atom. The van der Waals surface area contributed by atoms with Gasteiger partial charge in [0.2, 0.25) is 5.91 Å². The molecular formula is C20H20N2OS. The fraction of sp³-hybridized carbons (Fsp3) is 0.200. The summed E-state index contributed by atoms with van der Waals surface area (Å²) < 4.78 is 0. The molecule has 0 saturated carbocycles. The van der Waals surface area contributed by atoms with Crippen LogP contribution in [0.25, 0.3) is 10.6 Å². The van der Waals surface area contributed by atoms with Crippen molar-refractivity contribution in [2.75, 3.05) is 6.54 Å². The number of thiazole rings is 1. The minimum Gasteiger partial charge on any atom is -0.356 e. The number of aromatic nitrogens is 1. The number of hydrogen-bond donors (Lipinski definition) is 1. The van der Waals surface area contributed by atoms with E-state index in [9.17, 15) is 4.79 Å². The lowest BCUT2D eigenvalue weighted by atomic mass is 10.1. The van der Waals surface area contributed by atoms with Crippen molar-refractivity contribution in [3.05, 3.63) is 77.3 Å². The quantitative estimate of drug-likeness (QED) is 0.660. The molecule has 0 radical (unpaired) electrons. The molecule has 24 heavy (non-hydrogen) atoms. The molecule has 3 nitrogen and oxygen atoms in total. The van der Waals surface area contributed by atoms with E-state index in [1.807, 2.05) is 53.9 Å². The standard InChI is InChI=1S/C20H20N2OS/c23-19(21-13-7-10-16-8-3-1-4-9-16)14-18-15-24-20(22-18)17-11-5-2-6-12-17/h1-6,8-9,11-12,15H,7,10,13-14H2,(H,21,23). The average molecular weight is 336 g/mol. The molecule has 0 aliphatic carbocycles. The molecule has 0 bridgehead atoms. The zero-order valence-corrected chi connectivity index (χ0v) is 14.3. The monoisotopic (exact) mass is 336 g/mol. The Labute approximate surface area is 146 Å². The second kappa shape index (κ2) is 8.41. The molecule has 0 saturated heterocycles. The summed E-state index contributed by atoms with van der Waals surface area (Å²) in [6.45, 7) is 0.698. The van der Waals surface area contributed by atoms with Gasteiger partial charge in [0.15, 0.2) is 0 Å². The molecule has 1 aromatic heterocycles. The molecule has 0 spiro atoms. The summed E-state index contributed by atoms with van der Waals surface area (Å²) in [5.74, 6) is 0.0352. The van der Waals surface area contributed by atoms with E-state index >= 15 is 0 Å². The topological polar surface area (TPSA) is 42.0 Å². The highest BCUT2D eigenvalue weighted by atomic mass is 32.1. The highest BCUT2D eigenvalue weighted by Crippen LogP contribution is 2.23. The van der Waals surface area contributed by atoms with Gasteiger partial charge in [-0.1, -0.05) is 60.7 Å². The first-order chi connectivity index (χ1) is 11.8. The molecule has 0 atom stereocenters. The third-order valence-corrected chi connectivity index (χ3v) is 4.66. The van der Waals surface area contributed by atoms with Crippen molar-refractivity contribution in [1.82, 2.24) is 10.3 Å². The van der Waals surface area contributed by atoms with Crippen LogP contribution in [0.15, 0.2) is 66.0 Å². The number of benzene rings is 2. The summed E-state index contributed by atoms with van der Waals surface area (Å²) in [5, 5.41) is 5.90. The van der Waals surface area contributed by atoms with Gasteiger partial charge in [0.1, 0.15) is 5.01 Å². The van der Waals surface area contributed by atoms with E-state index in [0.717, 1.165) is 29.1 Å². The summed E-state index contributed by atoms with van der Waals surface area (Å²) >= 11 is 1.58. The Bertz CT molecular complexity index is 769. The number of carbonyl (C=O) groups excluding carboxylic acids is 1. The minimum atomic E-state index is 0.0352. The Morgan fingerprint density at radius 2 is 1.71 bits per heavy atom. The van der Waals surface area contributed by atoms with Crippen molar-refractivity contribution in [2.24, 2.45) is 0 Å². The predicted octanol–water partition coefficient (Wildman–Crippen LogP) is 4.10. The van der Waals surface area contributed by atoms with Crippen LogP contribution in [0.5, 0.6) is 0 Å². The van der Waals surface area contributed by atoms with Crippen LogP contribution in [0.3, 0.4) is 0 Å². The molecule has 0 aliphatic rings. The first-order valence-corrected chi connectivity index (χ1v) is 9.00. The lowest BCUT2D eigenvalue weighted by molar-refractivity contribution is -0.120. The van der Waals surface area contributed by atoms with Crippen LogP contribution in [0.2, 0.25) is 0 Å². The fourth-order valence-electron chi connectivity index (χ4n) is 2.49. The van der Waals surface area contributed by atoms with E-state index in [0.29, 0.717) is 13.0 Å². The molecule has 0 unspecified atom stereocenters. The number of rotatable bonds is 7. The van der Waals surface area contributed by atoms with Gasteiger partial charge in [-0.3, -0.25) is 4.79 Å². The second-order valence-electron chi connectivity index (χ2n) is 5.63. The van der Waals surface area contributed by atoms with Gasteiger partial charge in [0.25, 0.3) is 0 Å². The van der Waals surface area contributed by atoms with Gasteiger partial charge in [-0.15, -0.1) is 11.3 Å². The van der Waals surface area contributed by atoms with Gasteiger partial charge in [-0.05, 0) is 18.4 Å². The van der Waals surface area contributed by atoms with Crippen molar-refractivity contribution in [1.29, 1.82) is 0 Å². The summed E-state index contributed by atoms with van der Waals surface area (Å²) in [4.78, 5) is 16.6. The van der Waals surface area contributed by atoms with E-state index in [1.165, 1.54) is 5.56 Å². The van der Waals surface area contributed by atoms with Gasteiger partial charge in [0, 0.05) is 17.5 Å². The van der Waals surface area contributed by atoms with Crippen LogP contribution in [0.1, 0.15) is 17.7 Å². The fourth-order valence-corrected chi connectivity index (χ4v) is 3.32. The van der Waals surface area contributed by atoms with Crippen LogP contribution < -0.4 is 5.32 Å². The van der Waals surface area contributed by atoms with E-state index in [-0.39, 0.29) is 5.91 Å². The van der Waals surface area contributed by atoms with E-state index in [1.54, 1.807) is 11.3 Å². The van der Waals surface area contributed by atoms with Gasteiger partial charge in [-0.2, -0.15) is 0 Å².